The van der Waals surface area contributed by atoms with Gasteiger partial charge in [-0.3, -0.25) is 4.79 Å². The Morgan fingerprint density at radius 2 is 1.88 bits per heavy atom. The van der Waals surface area contributed by atoms with Gasteiger partial charge in [0.25, 0.3) is 0 Å². The van der Waals surface area contributed by atoms with Gasteiger partial charge in [0.05, 0.1) is 6.61 Å². The van der Waals surface area contributed by atoms with Gasteiger partial charge < -0.3 is 19.2 Å². The van der Waals surface area contributed by atoms with Crippen molar-refractivity contribution in [1.82, 2.24) is 10.3 Å². The number of benzene rings is 2. The fourth-order valence-corrected chi connectivity index (χ4v) is 2.58. The first kappa shape index (κ1) is 17.8. The van der Waals surface area contributed by atoms with E-state index in [4.69, 9.17) is 13.9 Å². The molecule has 1 amide bonds. The average molecular weight is 354 g/mol. The molecule has 2 aromatic carbocycles. The SMILES string of the molecule is CCOc1ccc(COc2ccc3oc(C(C)NC(C)=O)nc3c2)cc1. The third kappa shape index (κ3) is 4.33. The van der Waals surface area contributed by atoms with Gasteiger partial charge in [0.15, 0.2) is 5.58 Å². The van der Waals surface area contributed by atoms with Gasteiger partial charge in [-0.2, -0.15) is 0 Å². The van der Waals surface area contributed by atoms with Crippen LogP contribution in [-0.4, -0.2) is 17.5 Å². The maximum atomic E-state index is 11.2. The maximum absolute atomic E-state index is 11.2. The summed E-state index contributed by atoms with van der Waals surface area (Å²) in [4.78, 5) is 15.6. The van der Waals surface area contributed by atoms with Crippen LogP contribution < -0.4 is 14.8 Å². The number of nitrogens with zero attached hydrogens (tertiary/aromatic N) is 1. The molecule has 0 bridgehead atoms. The van der Waals surface area contributed by atoms with Crippen LogP contribution >= 0.6 is 0 Å². The van der Waals surface area contributed by atoms with Crippen LogP contribution in [0.5, 0.6) is 11.5 Å². The first-order valence-electron chi connectivity index (χ1n) is 8.57. The van der Waals surface area contributed by atoms with Crippen LogP contribution in [-0.2, 0) is 11.4 Å². The number of aromatic nitrogens is 1. The molecule has 1 N–H and O–H groups in total. The minimum Gasteiger partial charge on any atom is -0.494 e. The Morgan fingerprint density at radius 3 is 2.58 bits per heavy atom. The minimum atomic E-state index is -0.284. The summed E-state index contributed by atoms with van der Waals surface area (Å²) in [6.07, 6.45) is 0. The molecule has 1 atom stereocenters. The summed E-state index contributed by atoms with van der Waals surface area (Å²) < 4.78 is 17.0. The molecule has 0 aliphatic rings. The van der Waals surface area contributed by atoms with Crippen LogP contribution in [0.3, 0.4) is 0 Å². The second kappa shape index (κ2) is 7.91. The number of carbonyl (C=O) groups excluding carboxylic acids is 1. The zero-order chi connectivity index (χ0) is 18.5. The van der Waals surface area contributed by atoms with E-state index in [0.29, 0.717) is 36.0 Å². The summed E-state index contributed by atoms with van der Waals surface area (Å²) in [5, 5.41) is 2.76. The molecule has 6 nitrogen and oxygen atoms in total. The molecule has 0 aliphatic carbocycles. The van der Waals surface area contributed by atoms with Crippen molar-refractivity contribution in [3.05, 3.63) is 53.9 Å². The number of nitrogens with one attached hydrogen (secondary N) is 1. The Bertz CT molecular complexity index is 886. The number of hydrogen-bond donors (Lipinski definition) is 1. The van der Waals surface area contributed by atoms with E-state index in [1.165, 1.54) is 6.92 Å². The minimum absolute atomic E-state index is 0.126. The number of amides is 1. The smallest absolute Gasteiger partial charge is 0.217 e. The third-order valence-corrected chi connectivity index (χ3v) is 3.81. The van der Waals surface area contributed by atoms with Crippen molar-refractivity contribution in [3.63, 3.8) is 0 Å². The van der Waals surface area contributed by atoms with Gasteiger partial charge >= 0.3 is 0 Å². The molecule has 0 fully saturated rings. The quantitative estimate of drug-likeness (QED) is 0.694. The lowest BCUT2D eigenvalue weighted by Gasteiger charge is -2.07. The van der Waals surface area contributed by atoms with E-state index in [-0.39, 0.29) is 11.9 Å². The highest BCUT2D eigenvalue weighted by Crippen LogP contribution is 2.25. The van der Waals surface area contributed by atoms with Gasteiger partial charge in [-0.05, 0) is 43.7 Å². The molecule has 136 valence electrons. The lowest BCUT2D eigenvalue weighted by Crippen LogP contribution is -2.23. The van der Waals surface area contributed by atoms with Gasteiger partial charge in [-0.15, -0.1) is 0 Å². The van der Waals surface area contributed by atoms with E-state index in [9.17, 15) is 4.79 Å². The molecular formula is C20H22N2O4. The molecule has 3 aromatic rings. The first-order chi connectivity index (χ1) is 12.5. The average Bonchev–Trinajstić information content (AvgIpc) is 3.04. The molecule has 3 rings (SSSR count). The van der Waals surface area contributed by atoms with Crippen molar-refractivity contribution in [1.29, 1.82) is 0 Å². The highest BCUT2D eigenvalue weighted by Gasteiger charge is 2.14. The van der Waals surface area contributed by atoms with Crippen molar-refractivity contribution < 1.29 is 18.7 Å². The number of fused-ring (bicyclic) bond motifs is 1. The van der Waals surface area contributed by atoms with Crippen molar-refractivity contribution in [2.45, 2.75) is 33.4 Å². The van der Waals surface area contributed by atoms with E-state index in [1.807, 2.05) is 56.3 Å². The molecule has 1 unspecified atom stereocenters. The zero-order valence-corrected chi connectivity index (χ0v) is 15.1. The number of carbonyl (C=O) groups is 1. The molecule has 0 aliphatic heterocycles. The summed E-state index contributed by atoms with van der Waals surface area (Å²) >= 11 is 0. The lowest BCUT2D eigenvalue weighted by molar-refractivity contribution is -0.119. The molecule has 0 saturated heterocycles. The summed E-state index contributed by atoms with van der Waals surface area (Å²) in [7, 11) is 0. The number of hydrogen-bond acceptors (Lipinski definition) is 5. The van der Waals surface area contributed by atoms with Gasteiger partial charge in [0, 0.05) is 13.0 Å². The van der Waals surface area contributed by atoms with E-state index >= 15 is 0 Å². The second-order valence-corrected chi connectivity index (χ2v) is 5.97. The van der Waals surface area contributed by atoms with Crippen LogP contribution in [0.2, 0.25) is 0 Å². The maximum Gasteiger partial charge on any atom is 0.217 e. The predicted octanol–water partition coefficient (Wildman–Crippen LogP) is 4.00. The molecule has 1 aromatic heterocycles. The van der Waals surface area contributed by atoms with Crippen LogP contribution in [0.1, 0.15) is 38.3 Å². The molecule has 0 saturated carbocycles. The van der Waals surface area contributed by atoms with Gasteiger partial charge in [0.2, 0.25) is 11.8 Å². The van der Waals surface area contributed by atoms with E-state index in [2.05, 4.69) is 10.3 Å². The normalized spacial score (nSPS) is 12.0. The van der Waals surface area contributed by atoms with Crippen LogP contribution in [0.4, 0.5) is 0 Å². The second-order valence-electron chi connectivity index (χ2n) is 5.97. The van der Waals surface area contributed by atoms with Gasteiger partial charge in [-0.1, -0.05) is 12.1 Å². The standard InChI is InChI=1S/C20H22N2O4/c1-4-24-16-7-5-15(6-8-16)12-25-17-9-10-19-18(11-17)22-20(26-19)13(2)21-14(3)23/h5-11,13H,4,12H2,1-3H3,(H,21,23). The van der Waals surface area contributed by atoms with Crippen molar-refractivity contribution in [3.8, 4) is 11.5 Å². The molecule has 6 heteroatoms. The monoisotopic (exact) mass is 354 g/mol. The van der Waals surface area contributed by atoms with Crippen LogP contribution in [0.15, 0.2) is 46.9 Å². The van der Waals surface area contributed by atoms with Crippen LogP contribution in [0.25, 0.3) is 11.1 Å². The van der Waals surface area contributed by atoms with Gasteiger partial charge in [-0.25, -0.2) is 4.98 Å². The number of ether oxygens (including phenoxy) is 2. The molecule has 26 heavy (non-hydrogen) atoms. The van der Waals surface area contributed by atoms with E-state index in [0.717, 1.165) is 11.3 Å². The van der Waals surface area contributed by atoms with Crippen molar-refractivity contribution >= 4 is 17.0 Å². The summed E-state index contributed by atoms with van der Waals surface area (Å²) in [6, 6.07) is 13.0. The summed E-state index contributed by atoms with van der Waals surface area (Å²) in [5.41, 5.74) is 2.40. The number of rotatable bonds is 7. The predicted molar refractivity (Wildman–Crippen MR) is 98.2 cm³/mol. The van der Waals surface area contributed by atoms with Crippen LogP contribution in [0, 0.1) is 0 Å². The third-order valence-electron chi connectivity index (χ3n) is 3.81. The highest BCUT2D eigenvalue weighted by molar-refractivity contribution is 5.75. The fourth-order valence-electron chi connectivity index (χ4n) is 2.58. The highest BCUT2D eigenvalue weighted by atomic mass is 16.5. The lowest BCUT2D eigenvalue weighted by atomic mass is 10.2. The molecule has 0 spiro atoms. The summed E-state index contributed by atoms with van der Waals surface area (Å²) in [6.45, 7) is 6.35. The Hall–Kier alpha value is -3.02. The largest absolute Gasteiger partial charge is 0.494 e. The molecular weight excluding hydrogens is 332 g/mol. The van der Waals surface area contributed by atoms with Gasteiger partial charge in [0.1, 0.15) is 29.7 Å². The molecule has 0 radical (unpaired) electrons. The zero-order valence-electron chi connectivity index (χ0n) is 15.1. The van der Waals surface area contributed by atoms with E-state index < -0.39 is 0 Å². The van der Waals surface area contributed by atoms with Crippen molar-refractivity contribution in [2.75, 3.05) is 6.61 Å². The topological polar surface area (TPSA) is 73.6 Å². The fraction of sp³-hybridized carbons (Fsp3) is 0.300. The first-order valence-corrected chi connectivity index (χ1v) is 8.57. The summed E-state index contributed by atoms with van der Waals surface area (Å²) in [5.74, 6) is 1.90. The van der Waals surface area contributed by atoms with E-state index in [1.54, 1.807) is 0 Å². The number of oxazole rings is 1. The van der Waals surface area contributed by atoms with Crippen molar-refractivity contribution in [2.24, 2.45) is 0 Å². The Kier molecular flexibility index (Phi) is 5.41. The Labute approximate surface area is 152 Å². The Morgan fingerprint density at radius 1 is 1.15 bits per heavy atom. The Balaban J connectivity index is 1.67. The molecule has 1 heterocycles.